The number of ether oxygens (including phenoxy) is 1. The number of nitrogens with one attached hydrogen (secondary N) is 1. The van der Waals surface area contributed by atoms with Crippen LogP contribution in [-0.2, 0) is 14.3 Å². The van der Waals surface area contributed by atoms with Gasteiger partial charge < -0.3 is 20.9 Å². The molecule has 1 saturated heterocycles. The molecule has 0 aliphatic carbocycles. The maximum absolute atomic E-state index is 11.5. The van der Waals surface area contributed by atoms with Gasteiger partial charge in [-0.1, -0.05) is 0 Å². The lowest BCUT2D eigenvalue weighted by molar-refractivity contribution is -0.137. The molecule has 0 saturated carbocycles. The molecule has 0 spiro atoms. The van der Waals surface area contributed by atoms with Gasteiger partial charge in [-0.05, 0) is 25.2 Å². The number of carbonyl (C=O) groups excluding carboxylic acids is 1. The highest BCUT2D eigenvalue weighted by Crippen LogP contribution is 2.13. The van der Waals surface area contributed by atoms with E-state index in [0.29, 0.717) is 12.5 Å². The number of carboxylic acids is 1. The largest absolute Gasteiger partial charge is 0.481 e. The summed E-state index contributed by atoms with van der Waals surface area (Å²) in [4.78, 5) is 21.9. The highest BCUT2D eigenvalue weighted by molar-refractivity contribution is 5.82. The Labute approximate surface area is 101 Å². The molecule has 1 heterocycles. The van der Waals surface area contributed by atoms with E-state index in [1.54, 1.807) is 0 Å². The molecular weight excluding hydrogens is 224 g/mol. The highest BCUT2D eigenvalue weighted by atomic mass is 16.5. The Bertz CT molecular complexity index is 264. The Morgan fingerprint density at radius 3 is 2.65 bits per heavy atom. The van der Waals surface area contributed by atoms with Crippen LogP contribution in [-0.4, -0.2) is 42.8 Å². The maximum atomic E-state index is 11.5. The predicted octanol–water partition coefficient (Wildman–Crippen LogP) is -0.279. The summed E-state index contributed by atoms with van der Waals surface area (Å²) in [5.41, 5.74) is 5.58. The molecule has 4 N–H and O–H groups in total. The van der Waals surface area contributed by atoms with Crippen molar-refractivity contribution in [3.05, 3.63) is 0 Å². The Morgan fingerprint density at radius 1 is 1.41 bits per heavy atom. The van der Waals surface area contributed by atoms with E-state index < -0.39 is 12.0 Å². The van der Waals surface area contributed by atoms with Crippen molar-refractivity contribution in [3.63, 3.8) is 0 Å². The van der Waals surface area contributed by atoms with Crippen molar-refractivity contribution in [3.8, 4) is 0 Å². The zero-order valence-electron chi connectivity index (χ0n) is 9.85. The van der Waals surface area contributed by atoms with E-state index in [1.165, 1.54) is 0 Å². The summed E-state index contributed by atoms with van der Waals surface area (Å²) < 4.78 is 5.22. The number of hydrogen-bond acceptors (Lipinski definition) is 4. The number of carboxylic acid groups (broad SMARTS) is 1. The number of aliphatic carboxylic acids is 1. The van der Waals surface area contributed by atoms with E-state index in [0.717, 1.165) is 26.1 Å². The average molecular weight is 244 g/mol. The fourth-order valence-electron chi connectivity index (χ4n) is 1.74. The second-order valence-corrected chi connectivity index (χ2v) is 4.34. The van der Waals surface area contributed by atoms with Gasteiger partial charge in [-0.25, -0.2) is 0 Å². The number of hydrogen-bond donors (Lipinski definition) is 3. The van der Waals surface area contributed by atoms with Crippen LogP contribution < -0.4 is 11.1 Å². The Hall–Kier alpha value is -1.14. The van der Waals surface area contributed by atoms with Gasteiger partial charge in [-0.15, -0.1) is 0 Å². The minimum Gasteiger partial charge on any atom is -0.481 e. The molecule has 1 atom stereocenters. The first-order chi connectivity index (χ1) is 8.09. The minimum atomic E-state index is -0.933. The molecule has 1 fully saturated rings. The van der Waals surface area contributed by atoms with Crippen molar-refractivity contribution in [1.29, 1.82) is 0 Å². The SMILES string of the molecule is NC(CCC(=O)O)C(=O)NCC1CCOCC1. The standard InChI is InChI=1S/C11H20N2O4/c12-9(1-2-10(14)15)11(16)13-7-8-3-5-17-6-4-8/h8-9H,1-7,12H2,(H,13,16)(H,14,15). The van der Waals surface area contributed by atoms with E-state index >= 15 is 0 Å². The van der Waals surface area contributed by atoms with Crippen LogP contribution in [0.4, 0.5) is 0 Å². The smallest absolute Gasteiger partial charge is 0.303 e. The third kappa shape index (κ3) is 5.65. The third-order valence-corrected chi connectivity index (χ3v) is 2.91. The minimum absolute atomic E-state index is 0.0775. The molecule has 0 aromatic heterocycles. The molecule has 1 unspecified atom stereocenters. The second kappa shape index (κ2) is 7.24. The van der Waals surface area contributed by atoms with E-state index in [1.807, 2.05) is 0 Å². The van der Waals surface area contributed by atoms with Crippen molar-refractivity contribution in [1.82, 2.24) is 5.32 Å². The van der Waals surface area contributed by atoms with Gasteiger partial charge in [0.1, 0.15) is 0 Å². The second-order valence-electron chi connectivity index (χ2n) is 4.34. The maximum Gasteiger partial charge on any atom is 0.303 e. The number of amides is 1. The summed E-state index contributed by atoms with van der Waals surface area (Å²) in [6, 6.07) is -0.731. The molecule has 1 rings (SSSR count). The van der Waals surface area contributed by atoms with E-state index in [-0.39, 0.29) is 18.7 Å². The molecule has 0 aromatic rings. The molecule has 0 radical (unpaired) electrons. The summed E-state index contributed by atoms with van der Waals surface area (Å²) >= 11 is 0. The summed E-state index contributed by atoms with van der Waals surface area (Å²) in [5, 5.41) is 11.2. The number of carbonyl (C=O) groups is 2. The number of rotatable bonds is 6. The molecule has 1 amide bonds. The van der Waals surface area contributed by atoms with Crippen LogP contribution >= 0.6 is 0 Å². The topological polar surface area (TPSA) is 102 Å². The monoisotopic (exact) mass is 244 g/mol. The van der Waals surface area contributed by atoms with Crippen molar-refractivity contribution in [2.75, 3.05) is 19.8 Å². The number of nitrogens with two attached hydrogens (primary N) is 1. The quantitative estimate of drug-likeness (QED) is 0.596. The fourth-order valence-corrected chi connectivity index (χ4v) is 1.74. The van der Waals surface area contributed by atoms with Crippen LogP contribution in [0.15, 0.2) is 0 Å². The first-order valence-electron chi connectivity index (χ1n) is 5.92. The van der Waals surface area contributed by atoms with Gasteiger partial charge in [-0.3, -0.25) is 9.59 Å². The lowest BCUT2D eigenvalue weighted by Crippen LogP contribution is -2.43. The van der Waals surface area contributed by atoms with Crippen molar-refractivity contribution < 1.29 is 19.4 Å². The zero-order valence-corrected chi connectivity index (χ0v) is 9.85. The third-order valence-electron chi connectivity index (χ3n) is 2.91. The molecule has 1 aliphatic heterocycles. The molecule has 1 aliphatic rings. The first-order valence-corrected chi connectivity index (χ1v) is 5.92. The van der Waals surface area contributed by atoms with Gasteiger partial charge in [0.25, 0.3) is 0 Å². The van der Waals surface area contributed by atoms with E-state index in [4.69, 9.17) is 15.6 Å². The first kappa shape index (κ1) is 13.9. The molecule has 0 aromatic carbocycles. The predicted molar refractivity (Wildman–Crippen MR) is 61.4 cm³/mol. The van der Waals surface area contributed by atoms with Gasteiger partial charge >= 0.3 is 5.97 Å². The van der Waals surface area contributed by atoms with Crippen molar-refractivity contribution >= 4 is 11.9 Å². The van der Waals surface area contributed by atoms with Crippen molar-refractivity contribution in [2.24, 2.45) is 11.7 Å². The van der Waals surface area contributed by atoms with Gasteiger partial charge in [0.05, 0.1) is 6.04 Å². The molecule has 6 heteroatoms. The lowest BCUT2D eigenvalue weighted by atomic mass is 10.0. The molecule has 6 nitrogen and oxygen atoms in total. The highest BCUT2D eigenvalue weighted by Gasteiger charge is 2.18. The normalized spacial score (nSPS) is 18.6. The Morgan fingerprint density at radius 2 is 2.06 bits per heavy atom. The molecule has 98 valence electrons. The van der Waals surface area contributed by atoms with Gasteiger partial charge in [0.15, 0.2) is 0 Å². The average Bonchev–Trinajstić information content (AvgIpc) is 2.34. The Kier molecular flexibility index (Phi) is 5.93. The summed E-state index contributed by atoms with van der Waals surface area (Å²) in [5.74, 6) is -0.755. The van der Waals surface area contributed by atoms with Crippen LogP contribution in [0, 0.1) is 5.92 Å². The van der Waals surface area contributed by atoms with Crippen LogP contribution in [0.5, 0.6) is 0 Å². The fraction of sp³-hybridized carbons (Fsp3) is 0.818. The molecular formula is C11H20N2O4. The van der Waals surface area contributed by atoms with Gasteiger partial charge in [0.2, 0.25) is 5.91 Å². The van der Waals surface area contributed by atoms with Gasteiger partial charge in [-0.2, -0.15) is 0 Å². The van der Waals surface area contributed by atoms with Crippen molar-refractivity contribution in [2.45, 2.75) is 31.7 Å². The van der Waals surface area contributed by atoms with E-state index in [2.05, 4.69) is 5.32 Å². The van der Waals surface area contributed by atoms with Crippen LogP contribution in [0.3, 0.4) is 0 Å². The molecule has 0 bridgehead atoms. The lowest BCUT2D eigenvalue weighted by Gasteiger charge is -2.22. The van der Waals surface area contributed by atoms with Gasteiger partial charge in [0, 0.05) is 26.2 Å². The summed E-state index contributed by atoms with van der Waals surface area (Å²) in [6.45, 7) is 2.08. The summed E-state index contributed by atoms with van der Waals surface area (Å²) in [7, 11) is 0. The van der Waals surface area contributed by atoms with Crippen LogP contribution in [0.1, 0.15) is 25.7 Å². The molecule has 17 heavy (non-hydrogen) atoms. The van der Waals surface area contributed by atoms with E-state index in [9.17, 15) is 9.59 Å². The summed E-state index contributed by atoms with van der Waals surface area (Å²) in [6.07, 6.45) is 2.00. The zero-order chi connectivity index (χ0) is 12.7. The van der Waals surface area contributed by atoms with Crippen LogP contribution in [0.25, 0.3) is 0 Å². The van der Waals surface area contributed by atoms with Crippen LogP contribution in [0.2, 0.25) is 0 Å². The Balaban J connectivity index is 2.16.